The summed E-state index contributed by atoms with van der Waals surface area (Å²) >= 11 is 0. The highest BCUT2D eigenvalue weighted by Gasteiger charge is 2.52. The Balaban J connectivity index is 1.59. The predicted octanol–water partition coefficient (Wildman–Crippen LogP) is 8.57. The molecule has 0 aliphatic carbocycles. The fraction of sp³-hybridized carbons (Fsp3) is 0.167. The SMILES string of the molecule is C=C/C(=C\C=C\c1ccccc1)N(c1ccc(-c2ccccc2)cc1)c1ccccc1B1OC(C)(C)C(C)(C)O1. The standard InChI is InChI=1S/C36H36BNO2/c1-6-31(21-15-18-28-16-9-7-10-17-28)38(32-26-24-30(25-27-32)29-19-11-8-12-20-29)34-23-14-13-22-33(34)37-39-35(2,3)36(4,5)40-37/h6-27H,1H2,2-5H3/b18-15+,31-21+. The second kappa shape index (κ2) is 11.6. The van der Waals surface area contributed by atoms with Crippen molar-refractivity contribution in [2.45, 2.75) is 38.9 Å². The highest BCUT2D eigenvalue weighted by Crippen LogP contribution is 2.38. The first-order chi connectivity index (χ1) is 19.3. The predicted molar refractivity (Wildman–Crippen MR) is 170 cm³/mol. The van der Waals surface area contributed by atoms with Gasteiger partial charge in [0, 0.05) is 22.5 Å². The summed E-state index contributed by atoms with van der Waals surface area (Å²) in [5, 5.41) is 0. The summed E-state index contributed by atoms with van der Waals surface area (Å²) in [5.74, 6) is 0. The summed E-state index contributed by atoms with van der Waals surface area (Å²) in [4.78, 5) is 2.22. The van der Waals surface area contributed by atoms with Gasteiger partial charge in [-0.25, -0.2) is 0 Å². The number of hydrogen-bond acceptors (Lipinski definition) is 3. The molecule has 200 valence electrons. The number of nitrogens with zero attached hydrogens (tertiary/aromatic N) is 1. The van der Waals surface area contributed by atoms with Crippen LogP contribution in [0.1, 0.15) is 33.3 Å². The molecule has 0 bridgehead atoms. The van der Waals surface area contributed by atoms with Gasteiger partial charge in [-0.3, -0.25) is 0 Å². The van der Waals surface area contributed by atoms with Crippen molar-refractivity contribution in [2.24, 2.45) is 0 Å². The van der Waals surface area contributed by atoms with Gasteiger partial charge in [0.15, 0.2) is 0 Å². The Bertz CT molecular complexity index is 1490. The van der Waals surface area contributed by atoms with Crippen molar-refractivity contribution in [2.75, 3.05) is 4.90 Å². The maximum Gasteiger partial charge on any atom is 0.496 e. The Kier molecular flexibility index (Phi) is 7.93. The topological polar surface area (TPSA) is 21.7 Å². The lowest BCUT2D eigenvalue weighted by Gasteiger charge is -2.32. The molecule has 0 aromatic heterocycles. The van der Waals surface area contributed by atoms with E-state index in [9.17, 15) is 0 Å². The van der Waals surface area contributed by atoms with E-state index < -0.39 is 18.3 Å². The van der Waals surface area contributed by atoms with Gasteiger partial charge in [0.1, 0.15) is 0 Å². The third-order valence-corrected chi connectivity index (χ3v) is 7.74. The second-order valence-electron chi connectivity index (χ2n) is 11.0. The van der Waals surface area contributed by atoms with E-state index in [1.54, 1.807) is 0 Å². The maximum atomic E-state index is 6.50. The first-order valence-electron chi connectivity index (χ1n) is 13.8. The largest absolute Gasteiger partial charge is 0.496 e. The summed E-state index contributed by atoms with van der Waals surface area (Å²) in [6.07, 6.45) is 8.14. The van der Waals surface area contributed by atoms with Gasteiger partial charge in [-0.05, 0) is 74.7 Å². The van der Waals surface area contributed by atoms with E-state index in [2.05, 4.69) is 136 Å². The van der Waals surface area contributed by atoms with Gasteiger partial charge in [-0.1, -0.05) is 110 Å². The zero-order chi connectivity index (χ0) is 28.2. The molecule has 5 rings (SSSR count). The molecule has 1 saturated heterocycles. The summed E-state index contributed by atoms with van der Waals surface area (Å²) in [7, 11) is -0.502. The highest BCUT2D eigenvalue weighted by molar-refractivity contribution is 6.64. The van der Waals surface area contributed by atoms with E-state index >= 15 is 0 Å². The molecule has 3 nitrogen and oxygen atoms in total. The molecule has 1 aliphatic rings. The van der Waals surface area contributed by atoms with Crippen molar-refractivity contribution in [3.8, 4) is 11.1 Å². The monoisotopic (exact) mass is 525 g/mol. The molecule has 40 heavy (non-hydrogen) atoms. The molecule has 4 heteroatoms. The van der Waals surface area contributed by atoms with Crippen molar-refractivity contribution >= 4 is 30.0 Å². The van der Waals surface area contributed by atoms with Crippen LogP contribution in [0.2, 0.25) is 0 Å². The summed E-state index contributed by atoms with van der Waals surface area (Å²) < 4.78 is 13.0. The van der Waals surface area contributed by atoms with Crippen molar-refractivity contribution in [3.63, 3.8) is 0 Å². The summed E-state index contributed by atoms with van der Waals surface area (Å²) in [5.41, 5.74) is 6.50. The molecule has 0 radical (unpaired) electrons. The maximum absolute atomic E-state index is 6.50. The van der Waals surface area contributed by atoms with Crippen LogP contribution in [-0.2, 0) is 9.31 Å². The van der Waals surface area contributed by atoms with Crippen molar-refractivity contribution in [3.05, 3.63) is 145 Å². The van der Waals surface area contributed by atoms with Crippen molar-refractivity contribution in [1.82, 2.24) is 0 Å². The molecule has 0 atom stereocenters. The van der Waals surface area contributed by atoms with Gasteiger partial charge >= 0.3 is 7.12 Å². The minimum Gasteiger partial charge on any atom is -0.399 e. The van der Waals surface area contributed by atoms with E-state index in [1.807, 2.05) is 36.4 Å². The normalized spacial score (nSPS) is 16.3. The van der Waals surface area contributed by atoms with Crippen LogP contribution in [0.25, 0.3) is 17.2 Å². The molecule has 0 amide bonds. The first-order valence-corrected chi connectivity index (χ1v) is 13.8. The van der Waals surface area contributed by atoms with Crippen LogP contribution in [0.3, 0.4) is 0 Å². The Labute approximate surface area is 239 Å². The van der Waals surface area contributed by atoms with Crippen molar-refractivity contribution < 1.29 is 9.31 Å². The van der Waals surface area contributed by atoms with Gasteiger partial charge < -0.3 is 14.2 Å². The molecule has 1 fully saturated rings. The van der Waals surface area contributed by atoms with Crippen LogP contribution < -0.4 is 10.4 Å². The molecular formula is C36H36BNO2. The molecule has 0 N–H and O–H groups in total. The quantitative estimate of drug-likeness (QED) is 0.170. The molecule has 0 unspecified atom stereocenters. The fourth-order valence-electron chi connectivity index (χ4n) is 4.78. The lowest BCUT2D eigenvalue weighted by atomic mass is 9.77. The Morgan fingerprint density at radius 3 is 1.88 bits per heavy atom. The van der Waals surface area contributed by atoms with Crippen LogP contribution in [0, 0.1) is 0 Å². The molecule has 4 aromatic rings. The third-order valence-electron chi connectivity index (χ3n) is 7.74. The van der Waals surface area contributed by atoms with Crippen LogP contribution in [0.5, 0.6) is 0 Å². The van der Waals surface area contributed by atoms with Gasteiger partial charge in [0.05, 0.1) is 11.2 Å². The van der Waals surface area contributed by atoms with Crippen molar-refractivity contribution in [1.29, 1.82) is 0 Å². The molecule has 1 aliphatic heterocycles. The van der Waals surface area contributed by atoms with Gasteiger partial charge in [-0.2, -0.15) is 0 Å². The molecular weight excluding hydrogens is 489 g/mol. The van der Waals surface area contributed by atoms with E-state index in [0.29, 0.717) is 0 Å². The lowest BCUT2D eigenvalue weighted by Crippen LogP contribution is -2.41. The first kappa shape index (κ1) is 27.5. The minimum atomic E-state index is -0.502. The number of para-hydroxylation sites is 1. The van der Waals surface area contributed by atoms with E-state index in [1.165, 1.54) is 5.56 Å². The lowest BCUT2D eigenvalue weighted by molar-refractivity contribution is 0.00578. The molecule has 0 saturated carbocycles. The minimum absolute atomic E-state index is 0.442. The van der Waals surface area contributed by atoms with E-state index in [4.69, 9.17) is 9.31 Å². The van der Waals surface area contributed by atoms with Crippen LogP contribution in [0.4, 0.5) is 11.4 Å². The molecule has 4 aromatic carbocycles. The average Bonchev–Trinajstić information content (AvgIpc) is 3.20. The highest BCUT2D eigenvalue weighted by atomic mass is 16.7. The summed E-state index contributed by atoms with van der Waals surface area (Å²) in [6, 6.07) is 37.6. The van der Waals surface area contributed by atoms with Gasteiger partial charge in [0.25, 0.3) is 0 Å². The van der Waals surface area contributed by atoms with E-state index in [0.717, 1.165) is 33.7 Å². The average molecular weight is 526 g/mol. The molecule has 1 heterocycles. The Morgan fingerprint density at radius 2 is 1.25 bits per heavy atom. The zero-order valence-electron chi connectivity index (χ0n) is 23.7. The Hall–Kier alpha value is -4.12. The fourth-order valence-corrected chi connectivity index (χ4v) is 4.78. The van der Waals surface area contributed by atoms with Crippen LogP contribution in [-0.4, -0.2) is 18.3 Å². The number of allylic oxidation sites excluding steroid dienone is 3. The molecule has 0 spiro atoms. The van der Waals surface area contributed by atoms with Crippen LogP contribution >= 0.6 is 0 Å². The number of anilines is 2. The van der Waals surface area contributed by atoms with Gasteiger partial charge in [0.2, 0.25) is 0 Å². The van der Waals surface area contributed by atoms with Gasteiger partial charge in [-0.15, -0.1) is 0 Å². The Morgan fingerprint density at radius 1 is 0.700 bits per heavy atom. The smallest absolute Gasteiger partial charge is 0.399 e. The van der Waals surface area contributed by atoms with Crippen LogP contribution in [0.15, 0.2) is 140 Å². The second-order valence-corrected chi connectivity index (χ2v) is 11.0. The summed E-state index contributed by atoms with van der Waals surface area (Å²) in [6.45, 7) is 12.5. The number of benzene rings is 4. The number of rotatable bonds is 8. The van der Waals surface area contributed by atoms with E-state index in [-0.39, 0.29) is 0 Å². The third kappa shape index (κ3) is 5.74. The zero-order valence-corrected chi connectivity index (χ0v) is 23.7. The number of hydrogen-bond donors (Lipinski definition) is 0.